The third kappa shape index (κ3) is 5.63. The minimum absolute atomic E-state index is 0.127. The van der Waals surface area contributed by atoms with Gasteiger partial charge in [0, 0.05) is 48.3 Å². The van der Waals surface area contributed by atoms with E-state index in [-0.39, 0.29) is 25.1 Å². The number of halogens is 3. The van der Waals surface area contributed by atoms with E-state index in [0.29, 0.717) is 34.8 Å². The highest BCUT2D eigenvalue weighted by Gasteiger charge is 2.34. The van der Waals surface area contributed by atoms with Crippen molar-refractivity contribution in [1.82, 2.24) is 30.0 Å². The van der Waals surface area contributed by atoms with Crippen molar-refractivity contribution in [1.29, 1.82) is 0 Å². The molecule has 4 N–H and O–H groups in total. The Morgan fingerprint density at radius 2 is 2.06 bits per heavy atom. The number of carbonyl (C=O) groups excluding carboxylic acids is 1. The van der Waals surface area contributed by atoms with Gasteiger partial charge in [0.05, 0.1) is 6.54 Å². The van der Waals surface area contributed by atoms with Gasteiger partial charge in [-0.1, -0.05) is 12.7 Å². The molecule has 0 saturated carbocycles. The lowest BCUT2D eigenvalue weighted by atomic mass is 10.1. The average Bonchev–Trinajstić information content (AvgIpc) is 3.26. The average molecular weight is 450 g/mol. The first kappa shape index (κ1) is 23.3. The summed E-state index contributed by atoms with van der Waals surface area (Å²) in [5.74, 6) is 0.539. The number of carbonyl (C=O) groups is 1. The molecule has 3 rings (SSSR count). The summed E-state index contributed by atoms with van der Waals surface area (Å²) in [6.45, 7) is 6.67. The zero-order valence-electron chi connectivity index (χ0n) is 17.8. The van der Waals surface area contributed by atoms with Gasteiger partial charge >= 0.3 is 12.2 Å². The summed E-state index contributed by atoms with van der Waals surface area (Å²) in [4.78, 5) is 21.9. The molecule has 12 heteroatoms. The zero-order chi connectivity index (χ0) is 23.5. The summed E-state index contributed by atoms with van der Waals surface area (Å²) in [5.41, 5.74) is 8.07. The number of nitrogen functional groups attached to an aromatic ring is 1. The van der Waals surface area contributed by atoms with Crippen LogP contribution in [-0.2, 0) is 0 Å². The molecule has 9 nitrogen and oxygen atoms in total. The number of hydrogen-bond acceptors (Lipinski definition) is 6. The van der Waals surface area contributed by atoms with Crippen molar-refractivity contribution in [2.75, 3.05) is 30.7 Å². The first-order valence-electron chi connectivity index (χ1n) is 9.91. The highest BCUT2D eigenvalue weighted by molar-refractivity contribution is 5.91. The van der Waals surface area contributed by atoms with Crippen molar-refractivity contribution in [3.63, 3.8) is 0 Å². The number of urea groups is 1. The number of allylic oxidation sites excluding steroid dienone is 3. The molecule has 1 aliphatic heterocycles. The number of hydrogen-bond donors (Lipinski definition) is 3. The fraction of sp³-hybridized carbons (Fsp3) is 0.400. The highest BCUT2D eigenvalue weighted by atomic mass is 19.4. The van der Waals surface area contributed by atoms with E-state index in [9.17, 15) is 18.0 Å². The fourth-order valence-electron chi connectivity index (χ4n) is 3.55. The van der Waals surface area contributed by atoms with Crippen LogP contribution in [0, 0.1) is 6.92 Å². The monoisotopic (exact) mass is 450 g/mol. The van der Waals surface area contributed by atoms with E-state index in [2.05, 4.69) is 32.3 Å². The quantitative estimate of drug-likeness (QED) is 0.583. The largest absolute Gasteiger partial charge is 0.401 e. The molecule has 1 aliphatic rings. The van der Waals surface area contributed by atoms with Crippen LogP contribution < -0.4 is 16.4 Å². The standard InChI is InChI=1S/C20H25F3N8O/c1-4-5-12(2)31-17(13(3)16(29-31)14-8-25-18(24)26-9-14)28-19(32)27-15-6-7-30(10-15)11-20(21,22)23/h4-5,8-9,15H,1,6-7,10-11H2,2-3H3,(H2,24,25,26)(H2,27,28,32)/b12-5+. The van der Waals surface area contributed by atoms with E-state index in [4.69, 9.17) is 5.73 Å². The molecule has 1 atom stereocenters. The Kier molecular flexibility index (Phi) is 6.82. The summed E-state index contributed by atoms with van der Waals surface area (Å²) >= 11 is 0. The molecule has 32 heavy (non-hydrogen) atoms. The maximum Gasteiger partial charge on any atom is 0.401 e. The van der Waals surface area contributed by atoms with Crippen LogP contribution in [-0.4, -0.2) is 62.5 Å². The predicted molar refractivity (Wildman–Crippen MR) is 116 cm³/mol. The Hall–Kier alpha value is -3.41. The number of nitrogens with one attached hydrogen (secondary N) is 2. The smallest absolute Gasteiger partial charge is 0.368 e. The van der Waals surface area contributed by atoms with Crippen molar-refractivity contribution in [3.8, 4) is 11.3 Å². The Balaban J connectivity index is 1.79. The van der Waals surface area contributed by atoms with E-state index in [1.165, 1.54) is 17.3 Å². The van der Waals surface area contributed by atoms with Crippen molar-refractivity contribution >= 4 is 23.5 Å². The van der Waals surface area contributed by atoms with E-state index in [1.807, 2.05) is 0 Å². The molecule has 1 unspecified atom stereocenters. The molecule has 2 aromatic rings. The van der Waals surface area contributed by atoms with Gasteiger partial charge in [0.15, 0.2) is 0 Å². The van der Waals surface area contributed by atoms with Crippen LogP contribution in [0.5, 0.6) is 0 Å². The van der Waals surface area contributed by atoms with E-state index in [0.717, 1.165) is 0 Å². The normalized spacial score (nSPS) is 17.4. The molecule has 172 valence electrons. The number of anilines is 2. The number of nitrogens with two attached hydrogens (primary N) is 1. The van der Waals surface area contributed by atoms with Gasteiger partial charge in [0.2, 0.25) is 5.95 Å². The van der Waals surface area contributed by atoms with Crippen LogP contribution in [0.25, 0.3) is 17.0 Å². The van der Waals surface area contributed by atoms with E-state index in [1.54, 1.807) is 30.7 Å². The molecule has 0 spiro atoms. The summed E-state index contributed by atoms with van der Waals surface area (Å²) < 4.78 is 39.3. The second kappa shape index (κ2) is 9.39. The number of alkyl halides is 3. The summed E-state index contributed by atoms with van der Waals surface area (Å²) in [6.07, 6.45) is 2.56. The first-order valence-corrected chi connectivity index (χ1v) is 9.91. The Bertz CT molecular complexity index is 1010. The van der Waals surface area contributed by atoms with Crippen molar-refractivity contribution in [2.45, 2.75) is 32.5 Å². The van der Waals surface area contributed by atoms with Gasteiger partial charge < -0.3 is 11.1 Å². The zero-order valence-corrected chi connectivity index (χ0v) is 17.8. The van der Waals surface area contributed by atoms with Gasteiger partial charge in [-0.25, -0.2) is 19.4 Å². The van der Waals surface area contributed by atoms with Crippen molar-refractivity contribution < 1.29 is 18.0 Å². The lowest BCUT2D eigenvalue weighted by Gasteiger charge is -2.18. The molecule has 2 aromatic heterocycles. The van der Waals surface area contributed by atoms with Crippen LogP contribution in [0.2, 0.25) is 0 Å². The van der Waals surface area contributed by atoms with Gasteiger partial charge in [-0.2, -0.15) is 18.3 Å². The van der Waals surface area contributed by atoms with Gasteiger partial charge in [0.1, 0.15) is 11.5 Å². The summed E-state index contributed by atoms with van der Waals surface area (Å²) in [6, 6.07) is -0.913. The number of aromatic nitrogens is 4. The molecule has 3 heterocycles. The minimum Gasteiger partial charge on any atom is -0.368 e. The van der Waals surface area contributed by atoms with Crippen molar-refractivity contribution in [2.24, 2.45) is 0 Å². The molecular weight excluding hydrogens is 425 g/mol. The number of likely N-dealkylation sites (tertiary alicyclic amines) is 1. The van der Waals surface area contributed by atoms with E-state index < -0.39 is 18.8 Å². The predicted octanol–water partition coefficient (Wildman–Crippen LogP) is 3.04. The van der Waals surface area contributed by atoms with Gasteiger partial charge in [-0.15, -0.1) is 0 Å². The van der Waals surface area contributed by atoms with Gasteiger partial charge in [0.25, 0.3) is 0 Å². The van der Waals surface area contributed by atoms with Crippen LogP contribution >= 0.6 is 0 Å². The van der Waals surface area contributed by atoms with Crippen LogP contribution in [0.4, 0.5) is 29.7 Å². The second-order valence-corrected chi connectivity index (χ2v) is 7.54. The Morgan fingerprint density at radius 1 is 1.38 bits per heavy atom. The molecular formula is C20H25F3N8O. The van der Waals surface area contributed by atoms with Crippen LogP contribution in [0.3, 0.4) is 0 Å². The SMILES string of the molecule is C=C/C=C(\C)n1nc(-c2cnc(N)nc2)c(C)c1NC(=O)NC1CCN(CC(F)(F)F)C1. The minimum atomic E-state index is -4.27. The Labute approximate surface area is 183 Å². The molecule has 0 aliphatic carbocycles. The van der Waals surface area contributed by atoms with E-state index >= 15 is 0 Å². The topological polar surface area (TPSA) is 114 Å². The number of amides is 2. The molecule has 2 amide bonds. The summed E-state index contributed by atoms with van der Waals surface area (Å²) in [5, 5.41) is 10.1. The summed E-state index contributed by atoms with van der Waals surface area (Å²) in [7, 11) is 0. The second-order valence-electron chi connectivity index (χ2n) is 7.54. The third-order valence-corrected chi connectivity index (χ3v) is 5.00. The number of nitrogens with zero attached hydrogens (tertiary/aromatic N) is 5. The molecule has 0 aromatic carbocycles. The van der Waals surface area contributed by atoms with Crippen LogP contribution in [0.15, 0.2) is 31.1 Å². The molecule has 0 radical (unpaired) electrons. The molecule has 0 bridgehead atoms. The van der Waals surface area contributed by atoms with Crippen LogP contribution in [0.1, 0.15) is 18.9 Å². The fourth-order valence-corrected chi connectivity index (χ4v) is 3.55. The first-order chi connectivity index (χ1) is 15.1. The maximum absolute atomic E-state index is 12.7. The third-order valence-electron chi connectivity index (χ3n) is 5.00. The highest BCUT2D eigenvalue weighted by Crippen LogP contribution is 2.30. The molecule has 1 fully saturated rings. The lowest BCUT2D eigenvalue weighted by molar-refractivity contribution is -0.143. The van der Waals surface area contributed by atoms with Gasteiger partial charge in [-0.05, 0) is 26.3 Å². The molecule has 1 saturated heterocycles. The number of rotatable bonds is 6. The van der Waals surface area contributed by atoms with Crippen molar-refractivity contribution in [3.05, 3.63) is 36.7 Å². The Morgan fingerprint density at radius 3 is 2.69 bits per heavy atom. The maximum atomic E-state index is 12.7. The van der Waals surface area contributed by atoms with Gasteiger partial charge in [-0.3, -0.25) is 10.2 Å². The lowest BCUT2D eigenvalue weighted by Crippen LogP contribution is -2.41.